The first-order chi connectivity index (χ1) is 10.2. The molecule has 0 aliphatic heterocycles. The highest BCUT2D eigenvalue weighted by Crippen LogP contribution is 2.22. The summed E-state index contributed by atoms with van der Waals surface area (Å²) in [6, 6.07) is 14.0. The maximum Gasteiger partial charge on any atom is 0.119 e. The minimum atomic E-state index is 0.746. The van der Waals surface area contributed by atoms with E-state index in [0.717, 1.165) is 41.3 Å². The number of fused-ring (bicyclic) bond motifs is 1. The number of hydrogen-bond donors (Lipinski definition) is 1. The number of rotatable bonds is 4. The summed E-state index contributed by atoms with van der Waals surface area (Å²) in [7, 11) is 1.69. The number of nitrogen functional groups attached to an aromatic ring is 1. The first-order valence-corrected chi connectivity index (χ1v) is 7.09. The molecule has 0 atom stereocenters. The number of imidazole rings is 1. The van der Waals surface area contributed by atoms with Crippen LogP contribution < -0.4 is 10.5 Å². The van der Waals surface area contributed by atoms with Crippen molar-refractivity contribution in [2.75, 3.05) is 12.8 Å². The van der Waals surface area contributed by atoms with Crippen LogP contribution in [0.5, 0.6) is 5.75 Å². The number of anilines is 1. The molecule has 0 bridgehead atoms. The second-order valence-corrected chi connectivity index (χ2v) is 5.07. The van der Waals surface area contributed by atoms with E-state index in [1.807, 2.05) is 30.3 Å². The molecule has 0 spiro atoms. The normalized spacial score (nSPS) is 11.0. The fourth-order valence-electron chi connectivity index (χ4n) is 2.60. The smallest absolute Gasteiger partial charge is 0.119 e. The lowest BCUT2D eigenvalue weighted by Gasteiger charge is -2.09. The second kappa shape index (κ2) is 5.48. The summed E-state index contributed by atoms with van der Waals surface area (Å²) < 4.78 is 7.53. The van der Waals surface area contributed by atoms with Crippen molar-refractivity contribution >= 4 is 16.7 Å². The monoisotopic (exact) mass is 281 g/mol. The van der Waals surface area contributed by atoms with Crippen LogP contribution in [-0.4, -0.2) is 16.7 Å². The van der Waals surface area contributed by atoms with Gasteiger partial charge in [-0.15, -0.1) is 0 Å². The SMILES string of the molecule is CCc1nc2cc(N)ccc2n1Cc1cccc(OC)c1. The van der Waals surface area contributed by atoms with Gasteiger partial charge in [0.2, 0.25) is 0 Å². The standard InChI is InChI=1S/C17H19N3O/c1-3-17-19-15-10-13(18)7-8-16(15)20(17)11-12-5-4-6-14(9-12)21-2/h4-10H,3,11,18H2,1-2H3. The largest absolute Gasteiger partial charge is 0.497 e. The summed E-state index contributed by atoms with van der Waals surface area (Å²) in [5.41, 5.74) is 9.86. The molecule has 0 radical (unpaired) electrons. The van der Waals surface area contributed by atoms with Gasteiger partial charge in [-0.3, -0.25) is 0 Å². The predicted molar refractivity (Wildman–Crippen MR) is 85.6 cm³/mol. The van der Waals surface area contributed by atoms with Gasteiger partial charge in [-0.2, -0.15) is 0 Å². The van der Waals surface area contributed by atoms with Crippen LogP contribution in [0.4, 0.5) is 5.69 Å². The van der Waals surface area contributed by atoms with E-state index in [9.17, 15) is 0 Å². The number of nitrogens with zero attached hydrogens (tertiary/aromatic N) is 2. The topological polar surface area (TPSA) is 53.1 Å². The fourth-order valence-corrected chi connectivity index (χ4v) is 2.60. The van der Waals surface area contributed by atoms with Gasteiger partial charge in [0, 0.05) is 18.7 Å². The number of methoxy groups -OCH3 is 1. The molecule has 3 aromatic rings. The third kappa shape index (κ3) is 2.57. The first-order valence-electron chi connectivity index (χ1n) is 7.09. The van der Waals surface area contributed by atoms with Crippen molar-refractivity contribution < 1.29 is 4.74 Å². The zero-order valence-corrected chi connectivity index (χ0v) is 12.3. The zero-order valence-electron chi connectivity index (χ0n) is 12.3. The van der Waals surface area contributed by atoms with E-state index < -0.39 is 0 Å². The summed E-state index contributed by atoms with van der Waals surface area (Å²) in [4.78, 5) is 4.68. The van der Waals surface area contributed by atoms with Crippen LogP contribution in [0, 0.1) is 0 Å². The highest BCUT2D eigenvalue weighted by atomic mass is 16.5. The Bertz CT molecular complexity index is 777. The van der Waals surface area contributed by atoms with E-state index in [1.54, 1.807) is 7.11 Å². The predicted octanol–water partition coefficient (Wildman–Crippen LogP) is 3.24. The average Bonchev–Trinajstić information content (AvgIpc) is 2.84. The van der Waals surface area contributed by atoms with E-state index in [1.165, 1.54) is 5.56 Å². The third-order valence-electron chi connectivity index (χ3n) is 3.64. The number of benzene rings is 2. The number of ether oxygens (including phenoxy) is 1. The molecule has 21 heavy (non-hydrogen) atoms. The molecular weight excluding hydrogens is 262 g/mol. The average molecular weight is 281 g/mol. The number of aryl methyl sites for hydroxylation is 1. The molecular formula is C17H19N3O. The van der Waals surface area contributed by atoms with Crippen molar-refractivity contribution in [3.8, 4) is 5.75 Å². The minimum Gasteiger partial charge on any atom is -0.497 e. The summed E-state index contributed by atoms with van der Waals surface area (Å²) in [6.07, 6.45) is 0.887. The molecule has 0 aliphatic carbocycles. The third-order valence-corrected chi connectivity index (χ3v) is 3.64. The Hall–Kier alpha value is -2.49. The van der Waals surface area contributed by atoms with Crippen LogP contribution >= 0.6 is 0 Å². The van der Waals surface area contributed by atoms with Crippen LogP contribution in [0.2, 0.25) is 0 Å². The van der Waals surface area contributed by atoms with Crippen molar-refractivity contribution in [2.45, 2.75) is 19.9 Å². The number of nitrogens with two attached hydrogens (primary N) is 1. The van der Waals surface area contributed by atoms with Gasteiger partial charge in [0.05, 0.1) is 18.1 Å². The maximum atomic E-state index is 5.85. The molecule has 0 saturated heterocycles. The number of aromatic nitrogens is 2. The van der Waals surface area contributed by atoms with Gasteiger partial charge in [0.25, 0.3) is 0 Å². The first kappa shape index (κ1) is 13.5. The summed E-state index contributed by atoms with van der Waals surface area (Å²) in [5.74, 6) is 1.94. The minimum absolute atomic E-state index is 0.746. The van der Waals surface area contributed by atoms with Crippen LogP contribution in [0.3, 0.4) is 0 Å². The quantitative estimate of drug-likeness (QED) is 0.747. The van der Waals surface area contributed by atoms with E-state index in [0.29, 0.717) is 0 Å². The maximum absolute atomic E-state index is 5.85. The molecule has 3 rings (SSSR count). The van der Waals surface area contributed by atoms with Crippen molar-refractivity contribution in [1.82, 2.24) is 9.55 Å². The van der Waals surface area contributed by atoms with Crippen LogP contribution in [0.1, 0.15) is 18.3 Å². The molecule has 108 valence electrons. The highest BCUT2D eigenvalue weighted by Gasteiger charge is 2.10. The summed E-state index contributed by atoms with van der Waals surface area (Å²) in [5, 5.41) is 0. The van der Waals surface area contributed by atoms with Gasteiger partial charge in [0.1, 0.15) is 11.6 Å². The van der Waals surface area contributed by atoms with Crippen LogP contribution in [0.25, 0.3) is 11.0 Å². The number of hydrogen-bond acceptors (Lipinski definition) is 3. The molecule has 0 unspecified atom stereocenters. The Morgan fingerprint density at radius 2 is 2.05 bits per heavy atom. The van der Waals surface area contributed by atoms with E-state index in [-0.39, 0.29) is 0 Å². The van der Waals surface area contributed by atoms with Crippen LogP contribution in [-0.2, 0) is 13.0 Å². The van der Waals surface area contributed by atoms with Gasteiger partial charge in [-0.1, -0.05) is 19.1 Å². The van der Waals surface area contributed by atoms with E-state index in [2.05, 4.69) is 28.6 Å². The molecule has 0 fully saturated rings. The van der Waals surface area contributed by atoms with Gasteiger partial charge in [-0.05, 0) is 35.9 Å². The lowest BCUT2D eigenvalue weighted by Crippen LogP contribution is -2.04. The van der Waals surface area contributed by atoms with E-state index >= 15 is 0 Å². The lowest BCUT2D eigenvalue weighted by molar-refractivity contribution is 0.414. The molecule has 1 aromatic heterocycles. The van der Waals surface area contributed by atoms with Crippen molar-refractivity contribution in [3.05, 3.63) is 53.9 Å². The fraction of sp³-hybridized carbons (Fsp3) is 0.235. The second-order valence-electron chi connectivity index (χ2n) is 5.07. The molecule has 2 aromatic carbocycles. The molecule has 4 nitrogen and oxygen atoms in total. The van der Waals surface area contributed by atoms with Crippen molar-refractivity contribution in [1.29, 1.82) is 0 Å². The molecule has 4 heteroatoms. The van der Waals surface area contributed by atoms with Gasteiger partial charge in [-0.25, -0.2) is 4.98 Å². The lowest BCUT2D eigenvalue weighted by atomic mass is 10.2. The molecule has 1 heterocycles. The van der Waals surface area contributed by atoms with Gasteiger partial charge in [0.15, 0.2) is 0 Å². The van der Waals surface area contributed by atoms with Crippen molar-refractivity contribution in [3.63, 3.8) is 0 Å². The molecule has 0 saturated carbocycles. The molecule has 2 N–H and O–H groups in total. The van der Waals surface area contributed by atoms with E-state index in [4.69, 9.17) is 10.5 Å². The van der Waals surface area contributed by atoms with Crippen molar-refractivity contribution in [2.24, 2.45) is 0 Å². The Morgan fingerprint density at radius 1 is 1.19 bits per heavy atom. The molecule has 0 aliphatic rings. The highest BCUT2D eigenvalue weighted by molar-refractivity contribution is 5.79. The Morgan fingerprint density at radius 3 is 2.81 bits per heavy atom. The van der Waals surface area contributed by atoms with Crippen LogP contribution in [0.15, 0.2) is 42.5 Å². The summed E-state index contributed by atoms with van der Waals surface area (Å²) >= 11 is 0. The van der Waals surface area contributed by atoms with Gasteiger partial charge < -0.3 is 15.0 Å². The molecule has 0 amide bonds. The Labute approximate surface area is 124 Å². The van der Waals surface area contributed by atoms with Gasteiger partial charge >= 0.3 is 0 Å². The Kier molecular flexibility index (Phi) is 3.52. The summed E-state index contributed by atoms with van der Waals surface area (Å²) in [6.45, 7) is 2.90. The Balaban J connectivity index is 2.06. The zero-order chi connectivity index (χ0) is 14.8.